The molecule has 5 rings (SSSR count). The Morgan fingerprint density at radius 3 is 2.23 bits per heavy atom. The first-order valence-corrected chi connectivity index (χ1v) is 15.0. The number of hydrogen-bond acceptors (Lipinski definition) is 4. The van der Waals surface area contributed by atoms with E-state index in [0.29, 0.717) is 22.9 Å². The van der Waals surface area contributed by atoms with Crippen molar-refractivity contribution < 1.29 is 18.0 Å². The van der Waals surface area contributed by atoms with Crippen LogP contribution < -0.4 is 10.5 Å². The zero-order valence-corrected chi connectivity index (χ0v) is 25.0. The molecule has 1 amide bonds. The van der Waals surface area contributed by atoms with Crippen LogP contribution in [0.4, 0.5) is 13.2 Å². The lowest BCUT2D eigenvalue weighted by molar-refractivity contribution is -0.137. The van der Waals surface area contributed by atoms with E-state index in [1.54, 1.807) is 17.1 Å². The van der Waals surface area contributed by atoms with Crippen LogP contribution >= 0.6 is 23.5 Å². The van der Waals surface area contributed by atoms with Gasteiger partial charge in [0.25, 0.3) is 0 Å². The normalized spacial score (nSPS) is 16.3. The summed E-state index contributed by atoms with van der Waals surface area (Å²) in [4.78, 5) is 17.8. The minimum atomic E-state index is -4.44. The monoisotopic (exact) mass is 635 g/mol. The summed E-state index contributed by atoms with van der Waals surface area (Å²) in [6, 6.07) is 30.7. The van der Waals surface area contributed by atoms with E-state index in [-0.39, 0.29) is 18.3 Å². The molecule has 0 saturated heterocycles. The zero-order valence-electron chi connectivity index (χ0n) is 23.4. The van der Waals surface area contributed by atoms with Gasteiger partial charge in [-0.3, -0.25) is 9.52 Å². The van der Waals surface area contributed by atoms with Crippen LogP contribution in [0.25, 0.3) is 0 Å². The first-order chi connectivity index (χ1) is 21.2. The molecule has 44 heavy (non-hydrogen) atoms. The van der Waals surface area contributed by atoms with Gasteiger partial charge < -0.3 is 5.73 Å². The Morgan fingerprint density at radius 1 is 0.977 bits per heavy atom. The molecule has 0 bridgehead atoms. The molecule has 226 valence electrons. The molecule has 1 aliphatic heterocycles. The lowest BCUT2D eigenvalue weighted by atomic mass is 9.86. The average Bonchev–Trinajstić information content (AvgIpc) is 3.03. The van der Waals surface area contributed by atoms with Gasteiger partial charge in [-0.2, -0.15) is 18.3 Å². The van der Waals surface area contributed by atoms with Crippen molar-refractivity contribution in [3.05, 3.63) is 136 Å². The van der Waals surface area contributed by atoms with Gasteiger partial charge in [0.2, 0.25) is 11.9 Å². The van der Waals surface area contributed by atoms with Crippen LogP contribution in [0.1, 0.15) is 34.6 Å². The van der Waals surface area contributed by atoms with E-state index in [2.05, 4.69) is 16.9 Å². The number of primary amides is 1. The first-order valence-electron chi connectivity index (χ1n) is 13.9. The summed E-state index contributed by atoms with van der Waals surface area (Å²) in [6.45, 7) is 0.451. The highest BCUT2D eigenvalue weighted by molar-refractivity contribution is 7.98. The molecule has 0 radical (unpaired) electrons. The Labute approximate surface area is 263 Å². The third kappa shape index (κ3) is 8.00. The van der Waals surface area contributed by atoms with Crippen molar-refractivity contribution in [3.8, 4) is 0 Å². The van der Waals surface area contributed by atoms with E-state index in [4.69, 9.17) is 27.4 Å². The molecule has 2 unspecified atom stereocenters. The quantitative estimate of drug-likeness (QED) is 0.121. The van der Waals surface area contributed by atoms with Gasteiger partial charge in [-0.15, -0.1) is 0 Å². The van der Waals surface area contributed by atoms with Crippen LogP contribution in [0.3, 0.4) is 0 Å². The largest absolute Gasteiger partial charge is 0.416 e. The Bertz CT molecular complexity index is 1620. The molecule has 0 saturated carbocycles. The van der Waals surface area contributed by atoms with Gasteiger partial charge in [0.15, 0.2) is 0 Å². The van der Waals surface area contributed by atoms with Crippen LogP contribution in [0.5, 0.6) is 0 Å². The van der Waals surface area contributed by atoms with Gasteiger partial charge in [-0.05, 0) is 71.5 Å². The Hall–Kier alpha value is -4.28. The highest BCUT2D eigenvalue weighted by atomic mass is 35.5. The maximum Gasteiger partial charge on any atom is 0.416 e. The number of carbonyl (C=O) groups is 1. The molecular formula is C33H29ClF3N5OS. The number of benzene rings is 4. The van der Waals surface area contributed by atoms with Crippen LogP contribution in [0.15, 0.2) is 124 Å². The molecule has 0 fully saturated rings. The summed E-state index contributed by atoms with van der Waals surface area (Å²) in [5, 5.41) is 7.30. The lowest BCUT2D eigenvalue weighted by Crippen LogP contribution is -2.43. The van der Waals surface area contributed by atoms with Gasteiger partial charge in [0.1, 0.15) is 6.04 Å². The Balaban J connectivity index is 1.52. The molecule has 1 aliphatic rings. The molecule has 2 atom stereocenters. The second kappa shape index (κ2) is 14.0. The number of aliphatic imine (C=N–C) groups is 1. The van der Waals surface area contributed by atoms with Gasteiger partial charge in [0.05, 0.1) is 11.3 Å². The van der Waals surface area contributed by atoms with E-state index in [9.17, 15) is 18.0 Å². The van der Waals surface area contributed by atoms with Crippen molar-refractivity contribution >= 4 is 41.1 Å². The van der Waals surface area contributed by atoms with Crippen LogP contribution in [0.2, 0.25) is 5.02 Å². The third-order valence-corrected chi connectivity index (χ3v) is 8.14. The molecule has 1 heterocycles. The summed E-state index contributed by atoms with van der Waals surface area (Å²) >= 11 is 7.25. The standard InChI is InChI=1S/C33H29ClF3N5OS/c34-26-15-11-24(12-16-26)30-28(23-9-5-2-6-10-23)19-20-42(40-30)32(39-29(31(38)43)21-22-7-3-1-4-8-22)41-44-27-17-13-25(14-18-27)33(35,36)37/h1-18,28-29H,19-21H2,(H2,38,43)(H,39,41). The third-order valence-electron chi connectivity index (χ3n) is 7.09. The number of nitrogens with two attached hydrogens (primary N) is 1. The van der Waals surface area contributed by atoms with Crippen molar-refractivity contribution in [2.75, 3.05) is 6.54 Å². The Morgan fingerprint density at radius 2 is 1.61 bits per heavy atom. The number of rotatable bonds is 8. The number of nitrogens with zero attached hydrogens (tertiary/aromatic N) is 3. The minimum Gasteiger partial charge on any atom is -0.368 e. The van der Waals surface area contributed by atoms with Gasteiger partial charge >= 0.3 is 6.18 Å². The smallest absolute Gasteiger partial charge is 0.368 e. The van der Waals surface area contributed by atoms with Crippen LogP contribution in [-0.4, -0.2) is 35.2 Å². The van der Waals surface area contributed by atoms with Crippen molar-refractivity contribution in [3.63, 3.8) is 0 Å². The fourth-order valence-corrected chi connectivity index (χ4v) is 5.60. The molecule has 6 nitrogen and oxygen atoms in total. The van der Waals surface area contributed by atoms with Crippen molar-refractivity contribution in [1.29, 1.82) is 0 Å². The lowest BCUT2D eigenvalue weighted by Gasteiger charge is -2.32. The maximum atomic E-state index is 13.1. The predicted molar refractivity (Wildman–Crippen MR) is 169 cm³/mol. The molecule has 4 aromatic carbocycles. The number of nitrogens with one attached hydrogen (secondary N) is 1. The van der Waals surface area contributed by atoms with Gasteiger partial charge in [-0.25, -0.2) is 10.0 Å². The maximum absolute atomic E-state index is 13.1. The number of alkyl halides is 3. The highest BCUT2D eigenvalue weighted by Gasteiger charge is 2.31. The number of carbonyl (C=O) groups excluding carboxylic acids is 1. The molecule has 0 aromatic heterocycles. The summed E-state index contributed by atoms with van der Waals surface area (Å²) < 4.78 is 42.5. The fraction of sp³-hybridized carbons (Fsp3) is 0.182. The molecular weight excluding hydrogens is 607 g/mol. The number of guanidine groups is 1. The second-order valence-corrected chi connectivity index (χ2v) is 11.5. The first kappa shape index (κ1) is 31.2. The van der Waals surface area contributed by atoms with Crippen LogP contribution in [0, 0.1) is 0 Å². The number of halogens is 4. The van der Waals surface area contributed by atoms with Gasteiger partial charge in [-0.1, -0.05) is 84.4 Å². The predicted octanol–water partition coefficient (Wildman–Crippen LogP) is 7.30. The summed E-state index contributed by atoms with van der Waals surface area (Å²) in [6.07, 6.45) is -3.50. The van der Waals surface area contributed by atoms with E-state index < -0.39 is 23.7 Å². The fourth-order valence-electron chi connectivity index (χ4n) is 4.84. The topological polar surface area (TPSA) is 83.1 Å². The second-order valence-electron chi connectivity index (χ2n) is 10.2. The molecule has 0 spiro atoms. The summed E-state index contributed by atoms with van der Waals surface area (Å²) in [5.74, 6) is -0.380. The SMILES string of the molecule is NC(=O)C(Cc1ccccc1)N=C(NSc1ccc(C(F)(F)F)cc1)N1CCC(c2ccccc2)C(c2ccc(Cl)cc2)=N1. The number of hydrazone groups is 1. The van der Waals surface area contributed by atoms with Crippen LogP contribution in [-0.2, 0) is 17.4 Å². The molecule has 0 aliphatic carbocycles. The highest BCUT2D eigenvalue weighted by Crippen LogP contribution is 2.32. The van der Waals surface area contributed by atoms with Crippen molar-refractivity contribution in [1.82, 2.24) is 9.73 Å². The zero-order chi connectivity index (χ0) is 31.1. The van der Waals surface area contributed by atoms with E-state index in [1.165, 1.54) is 12.1 Å². The Kier molecular flexibility index (Phi) is 9.92. The summed E-state index contributed by atoms with van der Waals surface area (Å²) in [7, 11) is 0. The molecule has 3 N–H and O–H groups in total. The average molecular weight is 636 g/mol. The van der Waals surface area contributed by atoms with E-state index in [1.807, 2.05) is 60.7 Å². The van der Waals surface area contributed by atoms with Crippen molar-refractivity contribution in [2.24, 2.45) is 15.8 Å². The minimum absolute atomic E-state index is 0.0197. The number of amides is 1. The van der Waals surface area contributed by atoms with E-state index >= 15 is 0 Å². The summed E-state index contributed by atoms with van der Waals surface area (Å²) in [5.41, 5.74) is 8.70. The molecule has 11 heteroatoms. The van der Waals surface area contributed by atoms with Gasteiger partial charge in [0, 0.05) is 28.8 Å². The number of hydrogen-bond donors (Lipinski definition) is 2. The van der Waals surface area contributed by atoms with E-state index in [0.717, 1.165) is 46.5 Å². The molecule has 4 aromatic rings. The van der Waals surface area contributed by atoms with Crippen molar-refractivity contribution in [2.45, 2.75) is 35.9 Å².